The van der Waals surface area contributed by atoms with Gasteiger partial charge in [-0.15, -0.1) is 0 Å². The van der Waals surface area contributed by atoms with E-state index in [1.165, 1.54) is 4.90 Å². The van der Waals surface area contributed by atoms with E-state index < -0.39 is 9.84 Å². The number of carbonyl (C=O) groups is 1. The lowest BCUT2D eigenvalue weighted by Gasteiger charge is -2.27. The molecule has 1 aliphatic carbocycles. The molecule has 2 aliphatic rings. The summed E-state index contributed by atoms with van der Waals surface area (Å²) in [6.07, 6.45) is 2.29. The number of amides is 2. The number of sulfone groups is 1. The highest BCUT2D eigenvalue weighted by molar-refractivity contribution is 7.91. The van der Waals surface area contributed by atoms with Crippen molar-refractivity contribution in [3.05, 3.63) is 34.9 Å². The van der Waals surface area contributed by atoms with Crippen molar-refractivity contribution >= 4 is 27.5 Å². The summed E-state index contributed by atoms with van der Waals surface area (Å²) >= 11 is 5.90. The number of hydrogen-bond acceptors (Lipinski definition) is 3. The summed E-state index contributed by atoms with van der Waals surface area (Å²) in [7, 11) is -1.33. The van der Waals surface area contributed by atoms with Crippen LogP contribution in [0, 0.1) is 0 Å². The molecule has 0 aromatic heterocycles. The molecule has 1 aromatic carbocycles. The van der Waals surface area contributed by atoms with E-state index in [0.29, 0.717) is 11.4 Å². The number of halogens is 1. The number of rotatable bonds is 3. The fourth-order valence-electron chi connectivity index (χ4n) is 2.92. The molecule has 0 radical (unpaired) electrons. The molecule has 1 saturated carbocycles. The standard InChI is InChI=1S/C15H19ClN2O3S/c1-18(13-6-9-22(20,21)10-13)14(19)17-15(7-8-15)11-2-4-12(16)5-3-11/h2-5,13H,6-10H2,1H3,(H,17,19). The molecule has 1 N–H and O–H groups in total. The Bertz CT molecular complexity index is 683. The van der Waals surface area contributed by atoms with Crippen molar-refractivity contribution in [3.63, 3.8) is 0 Å². The van der Waals surface area contributed by atoms with Crippen LogP contribution < -0.4 is 5.32 Å². The van der Waals surface area contributed by atoms with Crippen LogP contribution in [0.3, 0.4) is 0 Å². The molecular formula is C15H19ClN2O3S. The van der Waals surface area contributed by atoms with Gasteiger partial charge in [0.2, 0.25) is 0 Å². The molecule has 1 aliphatic heterocycles. The van der Waals surface area contributed by atoms with Crippen molar-refractivity contribution in [2.24, 2.45) is 0 Å². The lowest BCUT2D eigenvalue weighted by atomic mass is 10.1. The molecule has 7 heteroatoms. The Hall–Kier alpha value is -1.27. The quantitative estimate of drug-likeness (QED) is 0.915. The average Bonchev–Trinajstić information content (AvgIpc) is 3.15. The molecule has 1 unspecified atom stereocenters. The Labute approximate surface area is 135 Å². The zero-order valence-corrected chi connectivity index (χ0v) is 14.0. The van der Waals surface area contributed by atoms with Gasteiger partial charge in [0, 0.05) is 18.1 Å². The summed E-state index contributed by atoms with van der Waals surface area (Å²) in [6.45, 7) is 0. The SMILES string of the molecule is CN(C(=O)NC1(c2ccc(Cl)cc2)CC1)C1CCS(=O)(=O)C1. The molecule has 5 nitrogen and oxygen atoms in total. The number of hydrogen-bond donors (Lipinski definition) is 1. The fourth-order valence-corrected chi connectivity index (χ4v) is 4.82. The molecule has 0 bridgehead atoms. The average molecular weight is 343 g/mol. The number of nitrogens with zero attached hydrogens (tertiary/aromatic N) is 1. The minimum absolute atomic E-state index is 0.0604. The molecule has 1 atom stereocenters. The predicted molar refractivity (Wildman–Crippen MR) is 85.7 cm³/mol. The van der Waals surface area contributed by atoms with Gasteiger partial charge >= 0.3 is 6.03 Å². The van der Waals surface area contributed by atoms with Crippen LogP contribution in [-0.2, 0) is 15.4 Å². The first-order valence-electron chi connectivity index (χ1n) is 7.33. The Morgan fingerprint density at radius 2 is 1.95 bits per heavy atom. The first kappa shape index (κ1) is 15.6. The van der Waals surface area contributed by atoms with Gasteiger partial charge in [0.15, 0.2) is 9.84 Å². The van der Waals surface area contributed by atoms with Crippen LogP contribution in [-0.4, -0.2) is 43.9 Å². The summed E-state index contributed by atoms with van der Waals surface area (Å²) in [6, 6.07) is 7.04. The van der Waals surface area contributed by atoms with E-state index in [4.69, 9.17) is 11.6 Å². The lowest BCUT2D eigenvalue weighted by molar-refractivity contribution is 0.189. The maximum absolute atomic E-state index is 12.4. The van der Waals surface area contributed by atoms with Gasteiger partial charge in [0.05, 0.1) is 17.0 Å². The summed E-state index contributed by atoms with van der Waals surface area (Å²) in [5.41, 5.74) is 0.714. The lowest BCUT2D eigenvalue weighted by Crippen LogP contribution is -2.47. The molecule has 22 heavy (non-hydrogen) atoms. The van der Waals surface area contributed by atoms with Crippen LogP contribution in [0.1, 0.15) is 24.8 Å². The van der Waals surface area contributed by atoms with E-state index in [-0.39, 0.29) is 29.1 Å². The zero-order chi connectivity index (χ0) is 16.0. The third kappa shape index (κ3) is 3.08. The van der Waals surface area contributed by atoms with Crippen molar-refractivity contribution in [1.82, 2.24) is 10.2 Å². The van der Waals surface area contributed by atoms with Crippen LogP contribution in [0.2, 0.25) is 5.02 Å². The van der Waals surface area contributed by atoms with Gasteiger partial charge in [-0.3, -0.25) is 0 Å². The van der Waals surface area contributed by atoms with Crippen LogP contribution in [0.5, 0.6) is 0 Å². The highest BCUT2D eigenvalue weighted by Crippen LogP contribution is 2.45. The number of urea groups is 1. The summed E-state index contributed by atoms with van der Waals surface area (Å²) in [4.78, 5) is 14.0. The van der Waals surface area contributed by atoms with Gasteiger partial charge in [0.1, 0.15) is 0 Å². The second-order valence-electron chi connectivity index (χ2n) is 6.19. The zero-order valence-electron chi connectivity index (χ0n) is 12.4. The molecule has 1 saturated heterocycles. The molecule has 3 rings (SSSR count). The maximum Gasteiger partial charge on any atom is 0.318 e. The predicted octanol–water partition coefficient (Wildman–Crippen LogP) is 2.16. The number of nitrogens with one attached hydrogen (secondary N) is 1. The highest BCUT2D eigenvalue weighted by atomic mass is 35.5. The van der Waals surface area contributed by atoms with E-state index >= 15 is 0 Å². The van der Waals surface area contributed by atoms with Crippen molar-refractivity contribution in [3.8, 4) is 0 Å². The Morgan fingerprint density at radius 1 is 1.32 bits per heavy atom. The van der Waals surface area contributed by atoms with E-state index in [9.17, 15) is 13.2 Å². The first-order chi connectivity index (χ1) is 10.3. The van der Waals surface area contributed by atoms with E-state index in [1.807, 2.05) is 24.3 Å². The summed E-state index contributed by atoms with van der Waals surface area (Å²) in [5.74, 6) is 0.225. The van der Waals surface area contributed by atoms with Gasteiger partial charge in [-0.2, -0.15) is 0 Å². The van der Waals surface area contributed by atoms with E-state index in [0.717, 1.165) is 18.4 Å². The minimum Gasteiger partial charge on any atom is -0.328 e. The fraction of sp³-hybridized carbons (Fsp3) is 0.533. The van der Waals surface area contributed by atoms with Crippen LogP contribution in [0.25, 0.3) is 0 Å². The van der Waals surface area contributed by atoms with Crippen molar-refractivity contribution in [1.29, 1.82) is 0 Å². The van der Waals surface area contributed by atoms with Crippen LogP contribution in [0.15, 0.2) is 24.3 Å². The minimum atomic E-state index is -3.00. The second kappa shape index (κ2) is 5.42. The second-order valence-corrected chi connectivity index (χ2v) is 8.85. The summed E-state index contributed by atoms with van der Waals surface area (Å²) < 4.78 is 23.1. The normalized spacial score (nSPS) is 24.7. The van der Waals surface area contributed by atoms with Crippen molar-refractivity contribution in [2.75, 3.05) is 18.6 Å². The van der Waals surface area contributed by atoms with Crippen molar-refractivity contribution < 1.29 is 13.2 Å². The maximum atomic E-state index is 12.4. The van der Waals surface area contributed by atoms with Gasteiger partial charge in [-0.05, 0) is 37.0 Å². The number of carbonyl (C=O) groups excluding carboxylic acids is 1. The molecule has 1 heterocycles. The number of benzene rings is 1. The smallest absolute Gasteiger partial charge is 0.318 e. The Kier molecular flexibility index (Phi) is 3.85. The van der Waals surface area contributed by atoms with Crippen molar-refractivity contribution in [2.45, 2.75) is 30.8 Å². The molecule has 120 valence electrons. The van der Waals surface area contributed by atoms with Crippen LogP contribution >= 0.6 is 11.6 Å². The van der Waals surface area contributed by atoms with Gasteiger partial charge in [-0.1, -0.05) is 23.7 Å². The monoisotopic (exact) mass is 342 g/mol. The first-order valence-corrected chi connectivity index (χ1v) is 9.53. The van der Waals surface area contributed by atoms with Gasteiger partial charge in [-0.25, -0.2) is 13.2 Å². The van der Waals surface area contributed by atoms with Gasteiger partial charge < -0.3 is 10.2 Å². The molecule has 0 spiro atoms. The third-order valence-corrected chi connectivity index (χ3v) is 6.57. The Morgan fingerprint density at radius 3 is 2.45 bits per heavy atom. The van der Waals surface area contributed by atoms with Crippen LogP contribution in [0.4, 0.5) is 4.79 Å². The molecule has 2 fully saturated rings. The van der Waals surface area contributed by atoms with E-state index in [2.05, 4.69) is 5.32 Å². The topological polar surface area (TPSA) is 66.5 Å². The van der Waals surface area contributed by atoms with Gasteiger partial charge in [0.25, 0.3) is 0 Å². The molecule has 1 aromatic rings. The third-order valence-electron chi connectivity index (χ3n) is 4.57. The highest BCUT2D eigenvalue weighted by Gasteiger charge is 2.46. The summed E-state index contributed by atoms with van der Waals surface area (Å²) in [5, 5.41) is 3.72. The Balaban J connectivity index is 1.68. The largest absolute Gasteiger partial charge is 0.328 e. The van der Waals surface area contributed by atoms with E-state index in [1.54, 1.807) is 7.05 Å². The molecular weight excluding hydrogens is 324 g/mol. The molecule has 2 amide bonds.